The van der Waals surface area contributed by atoms with Crippen molar-refractivity contribution < 1.29 is 13.9 Å². The molecule has 8 heteroatoms. The summed E-state index contributed by atoms with van der Waals surface area (Å²) in [7, 11) is 3.07. The molecular formula is C22H24FN3O3S. The molecule has 0 fully saturated rings. The molecule has 30 heavy (non-hydrogen) atoms. The van der Waals surface area contributed by atoms with Gasteiger partial charge in [-0.2, -0.15) is 0 Å². The maximum Gasteiger partial charge on any atom is 0.262 e. The number of nitrogens with zero attached hydrogens (tertiary/aromatic N) is 3. The van der Waals surface area contributed by atoms with Gasteiger partial charge in [0.1, 0.15) is 0 Å². The molecule has 1 amide bonds. The molecule has 0 aliphatic carbocycles. The van der Waals surface area contributed by atoms with E-state index in [0.29, 0.717) is 21.6 Å². The smallest absolute Gasteiger partial charge is 0.262 e. The number of para-hydroxylation sites is 1. The van der Waals surface area contributed by atoms with Gasteiger partial charge in [-0.25, -0.2) is 9.37 Å². The number of halogens is 1. The number of ether oxygens (including phenoxy) is 1. The van der Waals surface area contributed by atoms with Gasteiger partial charge in [0.15, 0.2) is 16.7 Å². The Hall–Kier alpha value is -2.87. The van der Waals surface area contributed by atoms with Crippen LogP contribution in [0, 0.1) is 5.82 Å². The Morgan fingerprint density at radius 1 is 1.27 bits per heavy atom. The third-order valence-electron chi connectivity index (χ3n) is 4.68. The predicted octanol–water partition coefficient (Wildman–Crippen LogP) is 3.88. The molecule has 158 valence electrons. The van der Waals surface area contributed by atoms with E-state index in [2.05, 4.69) is 4.98 Å². The van der Waals surface area contributed by atoms with Gasteiger partial charge in [0.25, 0.3) is 5.56 Å². The number of benzene rings is 2. The summed E-state index contributed by atoms with van der Waals surface area (Å²) in [6, 6.07) is 11.7. The minimum atomic E-state index is -0.466. The summed E-state index contributed by atoms with van der Waals surface area (Å²) in [5.74, 6) is -0.329. The molecule has 6 nitrogen and oxygen atoms in total. The van der Waals surface area contributed by atoms with Crippen molar-refractivity contribution in [1.29, 1.82) is 0 Å². The van der Waals surface area contributed by atoms with E-state index >= 15 is 0 Å². The summed E-state index contributed by atoms with van der Waals surface area (Å²) >= 11 is 1.23. The molecule has 0 unspecified atom stereocenters. The van der Waals surface area contributed by atoms with E-state index in [4.69, 9.17) is 4.74 Å². The second kappa shape index (κ2) is 9.30. The molecule has 0 spiro atoms. The summed E-state index contributed by atoms with van der Waals surface area (Å²) in [5.41, 5.74) is 1.15. The van der Waals surface area contributed by atoms with Crippen LogP contribution >= 0.6 is 11.8 Å². The van der Waals surface area contributed by atoms with Crippen LogP contribution in [0.15, 0.2) is 52.4 Å². The molecule has 1 heterocycles. The molecule has 0 N–H and O–H groups in total. The van der Waals surface area contributed by atoms with Gasteiger partial charge >= 0.3 is 0 Å². The van der Waals surface area contributed by atoms with Gasteiger partial charge in [-0.05, 0) is 43.7 Å². The number of aromatic nitrogens is 2. The number of amides is 1. The Morgan fingerprint density at radius 2 is 2.00 bits per heavy atom. The fraction of sp³-hybridized carbons (Fsp3) is 0.318. The van der Waals surface area contributed by atoms with Crippen LogP contribution in [-0.2, 0) is 11.3 Å². The highest BCUT2D eigenvalue weighted by atomic mass is 32.2. The topological polar surface area (TPSA) is 64.4 Å². The molecule has 2 aromatic carbocycles. The van der Waals surface area contributed by atoms with E-state index < -0.39 is 5.82 Å². The zero-order chi connectivity index (χ0) is 21.8. The van der Waals surface area contributed by atoms with Crippen molar-refractivity contribution in [3.8, 4) is 5.75 Å². The highest BCUT2D eigenvalue weighted by Gasteiger charge is 2.17. The first kappa shape index (κ1) is 21.8. The van der Waals surface area contributed by atoms with Crippen molar-refractivity contribution in [2.24, 2.45) is 0 Å². The van der Waals surface area contributed by atoms with E-state index in [1.54, 1.807) is 29.8 Å². The van der Waals surface area contributed by atoms with E-state index in [1.165, 1.54) is 35.9 Å². The highest BCUT2D eigenvalue weighted by Crippen LogP contribution is 2.22. The van der Waals surface area contributed by atoms with Crippen molar-refractivity contribution in [1.82, 2.24) is 14.5 Å². The minimum absolute atomic E-state index is 0.0905. The van der Waals surface area contributed by atoms with Gasteiger partial charge in [0, 0.05) is 19.6 Å². The summed E-state index contributed by atoms with van der Waals surface area (Å²) in [4.78, 5) is 31.6. The average Bonchev–Trinajstić information content (AvgIpc) is 2.71. The lowest BCUT2D eigenvalue weighted by Gasteiger charge is -2.19. The Morgan fingerprint density at radius 3 is 2.67 bits per heavy atom. The molecular weight excluding hydrogens is 405 g/mol. The Bertz CT molecular complexity index is 1130. The fourth-order valence-corrected chi connectivity index (χ4v) is 4.16. The monoisotopic (exact) mass is 429 g/mol. The van der Waals surface area contributed by atoms with Crippen molar-refractivity contribution in [3.63, 3.8) is 0 Å². The number of hydrogen-bond donors (Lipinski definition) is 0. The van der Waals surface area contributed by atoms with E-state index in [1.807, 2.05) is 26.0 Å². The molecule has 0 bridgehead atoms. The third kappa shape index (κ3) is 4.64. The first-order chi connectivity index (χ1) is 14.3. The SMILES string of the molecule is COc1ccc(CN(C)C(=O)CSc2nc3ccccc3c(=O)n2C(C)C)cc1F. The van der Waals surface area contributed by atoms with Crippen molar-refractivity contribution >= 4 is 28.6 Å². The van der Waals surface area contributed by atoms with Crippen LogP contribution in [0.25, 0.3) is 10.9 Å². The minimum Gasteiger partial charge on any atom is -0.494 e. The van der Waals surface area contributed by atoms with E-state index in [0.717, 1.165) is 0 Å². The van der Waals surface area contributed by atoms with Crippen molar-refractivity contribution in [2.45, 2.75) is 31.6 Å². The Balaban J connectivity index is 1.75. The van der Waals surface area contributed by atoms with Gasteiger partial charge in [0.05, 0.1) is 23.8 Å². The summed E-state index contributed by atoms with van der Waals surface area (Å²) in [6.45, 7) is 4.09. The summed E-state index contributed by atoms with van der Waals surface area (Å²) in [5, 5.41) is 1.06. The first-order valence-electron chi connectivity index (χ1n) is 9.52. The molecule has 3 aromatic rings. The molecule has 0 saturated carbocycles. The van der Waals surface area contributed by atoms with Crippen LogP contribution in [0.4, 0.5) is 4.39 Å². The number of thioether (sulfide) groups is 1. The molecule has 0 radical (unpaired) electrons. The van der Waals surface area contributed by atoms with E-state index in [-0.39, 0.29) is 35.6 Å². The summed E-state index contributed by atoms with van der Waals surface area (Å²) < 4.78 is 20.4. The second-order valence-corrected chi connectivity index (χ2v) is 8.13. The molecule has 0 saturated heterocycles. The van der Waals surface area contributed by atoms with Crippen LogP contribution in [0.1, 0.15) is 25.5 Å². The van der Waals surface area contributed by atoms with Crippen LogP contribution in [0.3, 0.4) is 0 Å². The molecule has 0 aliphatic heterocycles. The average molecular weight is 430 g/mol. The number of carbonyl (C=O) groups is 1. The van der Waals surface area contributed by atoms with Gasteiger partial charge < -0.3 is 9.64 Å². The van der Waals surface area contributed by atoms with Crippen LogP contribution in [0.5, 0.6) is 5.75 Å². The maximum atomic E-state index is 13.9. The largest absolute Gasteiger partial charge is 0.494 e. The number of carbonyl (C=O) groups excluding carboxylic acids is 1. The van der Waals surface area contributed by atoms with Crippen molar-refractivity contribution in [2.75, 3.05) is 19.9 Å². The first-order valence-corrected chi connectivity index (χ1v) is 10.5. The Kier molecular flexibility index (Phi) is 6.77. The number of hydrogen-bond acceptors (Lipinski definition) is 5. The predicted molar refractivity (Wildman–Crippen MR) is 117 cm³/mol. The highest BCUT2D eigenvalue weighted by molar-refractivity contribution is 7.99. The molecule has 1 aromatic heterocycles. The second-order valence-electron chi connectivity index (χ2n) is 7.19. The van der Waals surface area contributed by atoms with Crippen molar-refractivity contribution in [3.05, 3.63) is 64.2 Å². The quantitative estimate of drug-likeness (QED) is 0.421. The van der Waals surface area contributed by atoms with Crippen LogP contribution in [0.2, 0.25) is 0 Å². The fourth-order valence-electron chi connectivity index (χ4n) is 3.09. The Labute approximate surface area is 178 Å². The van der Waals surface area contributed by atoms with E-state index in [9.17, 15) is 14.0 Å². The normalized spacial score (nSPS) is 11.1. The van der Waals surface area contributed by atoms with Crippen LogP contribution in [-0.4, -0.2) is 40.3 Å². The number of rotatable bonds is 7. The van der Waals surface area contributed by atoms with Gasteiger partial charge in [0.2, 0.25) is 5.91 Å². The van der Waals surface area contributed by atoms with Gasteiger partial charge in [-0.15, -0.1) is 0 Å². The third-order valence-corrected chi connectivity index (χ3v) is 5.62. The number of fused-ring (bicyclic) bond motifs is 1. The maximum absolute atomic E-state index is 13.9. The van der Waals surface area contributed by atoms with Gasteiger partial charge in [-0.3, -0.25) is 14.2 Å². The standard InChI is InChI=1S/C22H24FN3O3S/c1-14(2)26-21(28)16-7-5-6-8-18(16)24-22(26)30-13-20(27)25(3)12-15-9-10-19(29-4)17(23)11-15/h5-11,14H,12-13H2,1-4H3. The zero-order valence-corrected chi connectivity index (χ0v) is 18.2. The lowest BCUT2D eigenvalue weighted by molar-refractivity contribution is -0.127. The van der Waals surface area contributed by atoms with Gasteiger partial charge in [-0.1, -0.05) is 30.0 Å². The zero-order valence-electron chi connectivity index (χ0n) is 17.4. The lowest BCUT2D eigenvalue weighted by Crippen LogP contribution is -2.29. The van der Waals surface area contributed by atoms with Crippen LogP contribution < -0.4 is 10.3 Å². The molecule has 0 atom stereocenters. The molecule has 0 aliphatic rings. The lowest BCUT2D eigenvalue weighted by atomic mass is 10.2. The molecule has 3 rings (SSSR count). The summed E-state index contributed by atoms with van der Waals surface area (Å²) in [6.07, 6.45) is 0. The number of methoxy groups -OCH3 is 1.